The first kappa shape index (κ1) is 19.0. The first-order valence-electron chi connectivity index (χ1n) is 8.08. The zero-order valence-corrected chi connectivity index (χ0v) is 16.0. The van der Waals surface area contributed by atoms with E-state index in [0.29, 0.717) is 16.8 Å². The van der Waals surface area contributed by atoms with Crippen molar-refractivity contribution in [2.24, 2.45) is 0 Å². The number of rotatable bonds is 5. The van der Waals surface area contributed by atoms with Gasteiger partial charge in [-0.05, 0) is 48.6 Å². The molecule has 0 aliphatic heterocycles. The molecule has 0 saturated heterocycles. The topological polar surface area (TPSA) is 75.3 Å². The van der Waals surface area contributed by atoms with Gasteiger partial charge in [0.1, 0.15) is 0 Å². The van der Waals surface area contributed by atoms with Crippen LogP contribution in [0.15, 0.2) is 36.4 Å². The van der Waals surface area contributed by atoms with Gasteiger partial charge in [0.25, 0.3) is 5.91 Å². The SMILES string of the molecule is Cc1cccc(C(C)C)c1NC(=O)c1cccc(NS(C)(=O)=O)c1C. The van der Waals surface area contributed by atoms with Crippen LogP contribution in [0.2, 0.25) is 0 Å². The maximum absolute atomic E-state index is 12.8. The molecule has 0 unspecified atom stereocenters. The standard InChI is InChI=1S/C19H24N2O3S/c1-12(2)15-9-6-8-13(3)18(15)20-19(22)16-10-7-11-17(14(16)4)21-25(5,23)24/h6-12,21H,1-5H3,(H,20,22). The highest BCUT2D eigenvalue weighted by atomic mass is 32.2. The Morgan fingerprint density at radius 2 is 1.68 bits per heavy atom. The number of benzene rings is 2. The second kappa shape index (κ2) is 7.27. The number of nitrogens with one attached hydrogen (secondary N) is 2. The number of carbonyl (C=O) groups excluding carboxylic acids is 1. The summed E-state index contributed by atoms with van der Waals surface area (Å²) in [5.41, 5.74) is 4.29. The van der Waals surface area contributed by atoms with Crippen LogP contribution < -0.4 is 10.0 Å². The van der Waals surface area contributed by atoms with Gasteiger partial charge in [-0.1, -0.05) is 38.1 Å². The predicted molar refractivity (Wildman–Crippen MR) is 103 cm³/mol. The van der Waals surface area contributed by atoms with Crippen LogP contribution in [-0.2, 0) is 10.0 Å². The van der Waals surface area contributed by atoms with Crippen LogP contribution in [0.25, 0.3) is 0 Å². The Bertz CT molecular complexity index is 903. The van der Waals surface area contributed by atoms with E-state index in [-0.39, 0.29) is 11.8 Å². The summed E-state index contributed by atoms with van der Waals surface area (Å²) in [6.07, 6.45) is 1.08. The average Bonchev–Trinajstić information content (AvgIpc) is 2.49. The normalized spacial score (nSPS) is 11.4. The van der Waals surface area contributed by atoms with Gasteiger partial charge in [-0.15, -0.1) is 0 Å². The quantitative estimate of drug-likeness (QED) is 0.844. The van der Waals surface area contributed by atoms with Gasteiger partial charge in [0.15, 0.2) is 0 Å². The Hall–Kier alpha value is -2.34. The molecule has 2 aromatic carbocycles. The molecule has 5 nitrogen and oxygen atoms in total. The molecule has 6 heteroatoms. The summed E-state index contributed by atoms with van der Waals surface area (Å²) in [7, 11) is -3.41. The molecule has 1 amide bonds. The van der Waals surface area contributed by atoms with Crippen LogP contribution in [0.4, 0.5) is 11.4 Å². The Balaban J connectivity index is 2.39. The molecule has 0 bridgehead atoms. The Labute approximate surface area is 149 Å². The summed E-state index contributed by atoms with van der Waals surface area (Å²) < 4.78 is 25.4. The van der Waals surface area contributed by atoms with E-state index in [1.807, 2.05) is 25.1 Å². The van der Waals surface area contributed by atoms with E-state index >= 15 is 0 Å². The van der Waals surface area contributed by atoms with E-state index in [2.05, 4.69) is 23.9 Å². The van der Waals surface area contributed by atoms with Gasteiger partial charge in [0.05, 0.1) is 11.9 Å². The third-order valence-electron chi connectivity index (χ3n) is 4.04. The van der Waals surface area contributed by atoms with Crippen molar-refractivity contribution in [1.82, 2.24) is 0 Å². The van der Waals surface area contributed by atoms with Gasteiger partial charge < -0.3 is 5.32 Å². The monoisotopic (exact) mass is 360 g/mol. The highest BCUT2D eigenvalue weighted by Gasteiger charge is 2.17. The number of para-hydroxylation sites is 1. The largest absolute Gasteiger partial charge is 0.321 e. The van der Waals surface area contributed by atoms with Crippen molar-refractivity contribution in [2.45, 2.75) is 33.6 Å². The molecule has 0 atom stereocenters. The smallest absolute Gasteiger partial charge is 0.256 e. The number of carbonyl (C=O) groups is 1. The molecular formula is C19H24N2O3S. The van der Waals surface area contributed by atoms with Gasteiger partial charge in [0.2, 0.25) is 10.0 Å². The van der Waals surface area contributed by atoms with E-state index in [1.54, 1.807) is 25.1 Å². The molecular weight excluding hydrogens is 336 g/mol. The Morgan fingerprint density at radius 3 is 2.28 bits per heavy atom. The van der Waals surface area contributed by atoms with E-state index in [9.17, 15) is 13.2 Å². The molecule has 0 radical (unpaired) electrons. The Kier molecular flexibility index (Phi) is 5.52. The molecule has 2 aromatic rings. The summed E-state index contributed by atoms with van der Waals surface area (Å²) in [5, 5.41) is 2.99. The van der Waals surface area contributed by atoms with Crippen LogP contribution in [0.5, 0.6) is 0 Å². The van der Waals surface area contributed by atoms with Crippen molar-refractivity contribution in [3.63, 3.8) is 0 Å². The van der Waals surface area contributed by atoms with Gasteiger partial charge in [-0.2, -0.15) is 0 Å². The van der Waals surface area contributed by atoms with E-state index in [0.717, 1.165) is 23.1 Å². The molecule has 0 fully saturated rings. The number of hydrogen-bond acceptors (Lipinski definition) is 3. The third kappa shape index (κ3) is 4.60. The maximum atomic E-state index is 12.8. The molecule has 0 aromatic heterocycles. The van der Waals surface area contributed by atoms with Crippen molar-refractivity contribution < 1.29 is 13.2 Å². The summed E-state index contributed by atoms with van der Waals surface area (Å²) in [5.74, 6) is 0.0142. The molecule has 2 rings (SSSR count). The highest BCUT2D eigenvalue weighted by Crippen LogP contribution is 2.28. The zero-order valence-electron chi connectivity index (χ0n) is 15.2. The third-order valence-corrected chi connectivity index (χ3v) is 4.63. The van der Waals surface area contributed by atoms with Crippen molar-refractivity contribution in [2.75, 3.05) is 16.3 Å². The van der Waals surface area contributed by atoms with Crippen LogP contribution in [0.3, 0.4) is 0 Å². The van der Waals surface area contributed by atoms with Crippen LogP contribution >= 0.6 is 0 Å². The second-order valence-electron chi connectivity index (χ2n) is 6.50. The van der Waals surface area contributed by atoms with Crippen LogP contribution in [0.1, 0.15) is 46.8 Å². The summed E-state index contributed by atoms with van der Waals surface area (Å²) in [4.78, 5) is 12.8. The van der Waals surface area contributed by atoms with Gasteiger partial charge in [-0.25, -0.2) is 8.42 Å². The first-order chi connectivity index (χ1) is 11.6. The van der Waals surface area contributed by atoms with Crippen LogP contribution in [0, 0.1) is 13.8 Å². The number of amides is 1. The minimum absolute atomic E-state index is 0.258. The van der Waals surface area contributed by atoms with E-state index < -0.39 is 10.0 Å². The first-order valence-corrected chi connectivity index (χ1v) is 9.97. The van der Waals surface area contributed by atoms with E-state index in [4.69, 9.17) is 0 Å². The molecule has 0 aliphatic rings. The fourth-order valence-electron chi connectivity index (χ4n) is 2.72. The summed E-state index contributed by atoms with van der Waals surface area (Å²) in [6, 6.07) is 10.9. The lowest BCUT2D eigenvalue weighted by Crippen LogP contribution is -2.17. The Morgan fingerprint density at radius 1 is 1.04 bits per heavy atom. The van der Waals surface area contributed by atoms with Crippen molar-refractivity contribution in [1.29, 1.82) is 0 Å². The van der Waals surface area contributed by atoms with Gasteiger partial charge >= 0.3 is 0 Å². The lowest BCUT2D eigenvalue weighted by atomic mass is 9.97. The molecule has 0 saturated carbocycles. The summed E-state index contributed by atoms with van der Waals surface area (Å²) >= 11 is 0. The molecule has 0 aliphatic carbocycles. The number of aryl methyl sites for hydroxylation is 1. The lowest BCUT2D eigenvalue weighted by Gasteiger charge is -2.18. The van der Waals surface area contributed by atoms with Crippen molar-refractivity contribution in [3.05, 3.63) is 58.7 Å². The molecule has 25 heavy (non-hydrogen) atoms. The predicted octanol–water partition coefficient (Wildman–Crippen LogP) is 4.05. The van der Waals surface area contributed by atoms with Crippen molar-refractivity contribution in [3.8, 4) is 0 Å². The second-order valence-corrected chi connectivity index (χ2v) is 8.25. The average molecular weight is 360 g/mol. The minimum Gasteiger partial charge on any atom is -0.321 e. The zero-order chi connectivity index (χ0) is 18.8. The molecule has 0 spiro atoms. The fourth-order valence-corrected chi connectivity index (χ4v) is 3.34. The molecule has 2 N–H and O–H groups in total. The van der Waals surface area contributed by atoms with Gasteiger partial charge in [-0.3, -0.25) is 9.52 Å². The van der Waals surface area contributed by atoms with Crippen molar-refractivity contribution >= 4 is 27.3 Å². The van der Waals surface area contributed by atoms with Gasteiger partial charge in [0, 0.05) is 11.3 Å². The fraction of sp³-hybridized carbons (Fsp3) is 0.316. The summed E-state index contributed by atoms with van der Waals surface area (Å²) in [6.45, 7) is 7.83. The van der Waals surface area contributed by atoms with Crippen LogP contribution in [-0.4, -0.2) is 20.6 Å². The van der Waals surface area contributed by atoms with E-state index in [1.165, 1.54) is 0 Å². The molecule has 134 valence electrons. The number of anilines is 2. The minimum atomic E-state index is -3.41. The maximum Gasteiger partial charge on any atom is 0.256 e. The molecule has 0 heterocycles. The number of hydrogen-bond donors (Lipinski definition) is 2. The number of sulfonamides is 1. The highest BCUT2D eigenvalue weighted by molar-refractivity contribution is 7.92. The lowest BCUT2D eigenvalue weighted by molar-refractivity contribution is 0.102.